The van der Waals surface area contributed by atoms with Gasteiger partial charge in [0.25, 0.3) is 0 Å². The maximum absolute atomic E-state index is 11.8. The summed E-state index contributed by atoms with van der Waals surface area (Å²) in [6, 6.07) is 3.62. The SMILES string of the molecule is CN(C)CCCNC(=O)Cc1cn2cc(Cl)ccc2n1. The van der Waals surface area contributed by atoms with Gasteiger partial charge in [0.1, 0.15) is 5.65 Å². The van der Waals surface area contributed by atoms with Gasteiger partial charge >= 0.3 is 0 Å². The molecule has 0 unspecified atom stereocenters. The zero-order valence-electron chi connectivity index (χ0n) is 11.8. The molecule has 0 aliphatic heterocycles. The molecule has 1 amide bonds. The first-order chi connectivity index (χ1) is 9.54. The number of rotatable bonds is 6. The van der Waals surface area contributed by atoms with Crippen LogP contribution in [-0.2, 0) is 11.2 Å². The molecule has 0 atom stereocenters. The second-order valence-electron chi connectivity index (χ2n) is 5.03. The molecule has 0 aromatic carbocycles. The number of halogens is 1. The molecule has 0 bridgehead atoms. The van der Waals surface area contributed by atoms with Crippen molar-refractivity contribution in [3.63, 3.8) is 0 Å². The number of nitrogens with one attached hydrogen (secondary N) is 1. The number of nitrogens with zero attached hydrogens (tertiary/aromatic N) is 3. The van der Waals surface area contributed by atoms with Gasteiger partial charge in [-0.2, -0.15) is 0 Å². The van der Waals surface area contributed by atoms with E-state index in [-0.39, 0.29) is 5.91 Å². The highest BCUT2D eigenvalue weighted by Gasteiger charge is 2.07. The Bertz CT molecular complexity index is 594. The molecule has 2 rings (SSSR count). The van der Waals surface area contributed by atoms with E-state index in [1.165, 1.54) is 0 Å². The number of carbonyl (C=O) groups is 1. The molecule has 2 aromatic rings. The zero-order valence-corrected chi connectivity index (χ0v) is 12.5. The van der Waals surface area contributed by atoms with Crippen molar-refractivity contribution in [3.8, 4) is 0 Å². The van der Waals surface area contributed by atoms with Crippen molar-refractivity contribution in [1.29, 1.82) is 0 Å². The van der Waals surface area contributed by atoms with E-state index in [1.54, 1.807) is 12.3 Å². The fraction of sp³-hybridized carbons (Fsp3) is 0.429. The number of imidazole rings is 1. The average molecular weight is 295 g/mol. The monoisotopic (exact) mass is 294 g/mol. The van der Waals surface area contributed by atoms with Gasteiger partial charge in [0, 0.05) is 18.9 Å². The predicted molar refractivity (Wildman–Crippen MR) is 80.1 cm³/mol. The summed E-state index contributed by atoms with van der Waals surface area (Å²) in [7, 11) is 4.03. The molecule has 0 spiro atoms. The molecule has 6 heteroatoms. The summed E-state index contributed by atoms with van der Waals surface area (Å²) in [5.41, 5.74) is 1.54. The highest BCUT2D eigenvalue weighted by molar-refractivity contribution is 6.30. The van der Waals surface area contributed by atoms with Crippen LogP contribution in [0.3, 0.4) is 0 Å². The first-order valence-corrected chi connectivity index (χ1v) is 6.97. The standard InChI is InChI=1S/C14H19ClN4O/c1-18(2)7-3-6-16-14(20)8-12-10-19-9-11(15)4-5-13(19)17-12/h4-5,9-10H,3,6-8H2,1-2H3,(H,16,20). The lowest BCUT2D eigenvalue weighted by atomic mass is 10.3. The molecular formula is C14H19ClN4O. The number of hydrogen-bond acceptors (Lipinski definition) is 3. The number of aromatic nitrogens is 2. The molecule has 0 saturated carbocycles. The van der Waals surface area contributed by atoms with Crippen LogP contribution in [-0.4, -0.2) is 47.4 Å². The van der Waals surface area contributed by atoms with Crippen LogP contribution in [0, 0.1) is 0 Å². The molecule has 0 radical (unpaired) electrons. The van der Waals surface area contributed by atoms with Crippen LogP contribution >= 0.6 is 11.6 Å². The minimum atomic E-state index is -0.00161. The quantitative estimate of drug-likeness (QED) is 0.823. The molecule has 108 valence electrons. The third kappa shape index (κ3) is 4.21. The molecule has 1 N–H and O–H groups in total. The van der Waals surface area contributed by atoms with Crippen LogP contribution in [0.5, 0.6) is 0 Å². The van der Waals surface area contributed by atoms with Crippen LogP contribution in [0.15, 0.2) is 24.5 Å². The summed E-state index contributed by atoms with van der Waals surface area (Å²) in [6.45, 7) is 1.66. The first-order valence-electron chi connectivity index (χ1n) is 6.59. The largest absolute Gasteiger partial charge is 0.356 e. The molecule has 2 heterocycles. The number of carbonyl (C=O) groups excluding carboxylic acids is 1. The summed E-state index contributed by atoms with van der Waals surface area (Å²) >= 11 is 5.91. The summed E-state index contributed by atoms with van der Waals surface area (Å²) in [5.74, 6) is -0.00161. The average Bonchev–Trinajstić information content (AvgIpc) is 2.75. The third-order valence-electron chi connectivity index (χ3n) is 2.91. The van der Waals surface area contributed by atoms with E-state index in [9.17, 15) is 4.79 Å². The molecule has 20 heavy (non-hydrogen) atoms. The Morgan fingerprint density at radius 1 is 1.40 bits per heavy atom. The van der Waals surface area contributed by atoms with Crippen LogP contribution in [0.4, 0.5) is 0 Å². The van der Waals surface area contributed by atoms with E-state index < -0.39 is 0 Å². The van der Waals surface area contributed by atoms with E-state index in [0.717, 1.165) is 24.3 Å². The van der Waals surface area contributed by atoms with Gasteiger partial charge in [-0.25, -0.2) is 4.98 Å². The van der Waals surface area contributed by atoms with Crippen molar-refractivity contribution in [2.75, 3.05) is 27.2 Å². The Balaban J connectivity index is 1.86. The summed E-state index contributed by atoms with van der Waals surface area (Å²) in [5, 5.41) is 3.55. The lowest BCUT2D eigenvalue weighted by Gasteiger charge is -2.09. The maximum Gasteiger partial charge on any atom is 0.226 e. The Kier molecular flexibility index (Phi) is 4.98. The van der Waals surface area contributed by atoms with E-state index in [2.05, 4.69) is 15.2 Å². The highest BCUT2D eigenvalue weighted by atomic mass is 35.5. The first kappa shape index (κ1) is 14.8. The van der Waals surface area contributed by atoms with Crippen molar-refractivity contribution in [2.45, 2.75) is 12.8 Å². The second kappa shape index (κ2) is 6.72. The Morgan fingerprint density at radius 3 is 2.95 bits per heavy atom. The van der Waals surface area contributed by atoms with Crippen molar-refractivity contribution in [3.05, 3.63) is 35.2 Å². The van der Waals surface area contributed by atoms with Gasteiger partial charge < -0.3 is 14.6 Å². The van der Waals surface area contributed by atoms with Crippen molar-refractivity contribution < 1.29 is 4.79 Å². The van der Waals surface area contributed by atoms with Gasteiger partial charge in [-0.15, -0.1) is 0 Å². The molecule has 5 nitrogen and oxygen atoms in total. The zero-order chi connectivity index (χ0) is 14.5. The third-order valence-corrected chi connectivity index (χ3v) is 3.13. The number of fused-ring (bicyclic) bond motifs is 1. The summed E-state index contributed by atoms with van der Waals surface area (Å²) in [4.78, 5) is 18.3. The molecule has 0 saturated heterocycles. The van der Waals surface area contributed by atoms with Crippen LogP contribution in [0.25, 0.3) is 5.65 Å². The van der Waals surface area contributed by atoms with Gasteiger partial charge in [-0.05, 0) is 39.2 Å². The fourth-order valence-electron chi connectivity index (χ4n) is 1.95. The smallest absolute Gasteiger partial charge is 0.226 e. The molecule has 0 fully saturated rings. The van der Waals surface area contributed by atoms with Crippen LogP contribution in [0.2, 0.25) is 5.02 Å². The van der Waals surface area contributed by atoms with E-state index >= 15 is 0 Å². The number of hydrogen-bond donors (Lipinski definition) is 1. The summed E-state index contributed by atoms with van der Waals surface area (Å²) < 4.78 is 1.83. The van der Waals surface area contributed by atoms with E-state index in [4.69, 9.17) is 11.6 Å². The maximum atomic E-state index is 11.8. The van der Waals surface area contributed by atoms with Gasteiger partial charge in [-0.1, -0.05) is 11.6 Å². The Labute approximate surface area is 123 Å². The topological polar surface area (TPSA) is 49.6 Å². The predicted octanol–water partition coefficient (Wildman–Crippen LogP) is 1.60. The van der Waals surface area contributed by atoms with Crippen LogP contribution in [0.1, 0.15) is 12.1 Å². The fourth-order valence-corrected chi connectivity index (χ4v) is 2.12. The number of amides is 1. The number of pyridine rings is 1. The van der Waals surface area contributed by atoms with Gasteiger partial charge in [0.2, 0.25) is 5.91 Å². The molecule has 0 aliphatic rings. The normalized spacial score (nSPS) is 11.2. The van der Waals surface area contributed by atoms with Crippen molar-refractivity contribution in [2.24, 2.45) is 0 Å². The van der Waals surface area contributed by atoms with Crippen LogP contribution < -0.4 is 5.32 Å². The molecule has 0 aliphatic carbocycles. The van der Waals surface area contributed by atoms with E-state index in [1.807, 2.05) is 30.8 Å². The Hall–Kier alpha value is -1.59. The minimum Gasteiger partial charge on any atom is -0.356 e. The molecular weight excluding hydrogens is 276 g/mol. The Morgan fingerprint density at radius 2 is 2.20 bits per heavy atom. The van der Waals surface area contributed by atoms with Gasteiger partial charge in [-0.3, -0.25) is 4.79 Å². The van der Waals surface area contributed by atoms with Crippen molar-refractivity contribution >= 4 is 23.2 Å². The lowest BCUT2D eigenvalue weighted by molar-refractivity contribution is -0.120. The minimum absolute atomic E-state index is 0.00161. The highest BCUT2D eigenvalue weighted by Crippen LogP contribution is 2.11. The second-order valence-corrected chi connectivity index (χ2v) is 5.47. The summed E-state index contributed by atoms with van der Waals surface area (Å²) in [6.07, 6.45) is 4.85. The molecule has 2 aromatic heterocycles. The van der Waals surface area contributed by atoms with Gasteiger partial charge in [0.05, 0.1) is 17.1 Å². The van der Waals surface area contributed by atoms with E-state index in [0.29, 0.717) is 18.0 Å². The van der Waals surface area contributed by atoms with Gasteiger partial charge in [0.15, 0.2) is 0 Å². The van der Waals surface area contributed by atoms with Crippen molar-refractivity contribution in [1.82, 2.24) is 19.6 Å². The lowest BCUT2D eigenvalue weighted by Crippen LogP contribution is -2.28.